The summed E-state index contributed by atoms with van der Waals surface area (Å²) in [5.41, 5.74) is -0.0409. The molecule has 0 fully saturated rings. The number of carbonyl (C=O) groups excluding carboxylic acids is 1. The number of hydrogen-bond donors (Lipinski definition) is 1. The fourth-order valence-electron chi connectivity index (χ4n) is 2.44. The molecule has 2 aromatic carbocycles. The first-order chi connectivity index (χ1) is 13.0. The van der Waals surface area contributed by atoms with E-state index in [2.05, 4.69) is 10.3 Å². The topological polar surface area (TPSA) is 82.4 Å². The lowest BCUT2D eigenvalue weighted by molar-refractivity contribution is 0.102. The summed E-state index contributed by atoms with van der Waals surface area (Å²) in [4.78, 5) is 29.1. The van der Waals surface area contributed by atoms with E-state index in [1.54, 1.807) is 12.1 Å². The number of anilines is 1. The largest absolute Gasteiger partial charge is 0.497 e. The average Bonchev–Trinajstić information content (AvgIpc) is 2.69. The van der Waals surface area contributed by atoms with Crippen LogP contribution in [-0.2, 0) is 0 Å². The number of benzene rings is 2. The monoisotopic (exact) mass is 369 g/mol. The number of hydrogen-bond acceptors (Lipinski definition) is 5. The van der Waals surface area contributed by atoms with Crippen molar-refractivity contribution >= 4 is 11.7 Å². The van der Waals surface area contributed by atoms with Gasteiger partial charge in [0.2, 0.25) is 0 Å². The van der Waals surface area contributed by atoms with E-state index in [4.69, 9.17) is 9.47 Å². The van der Waals surface area contributed by atoms with Crippen LogP contribution in [0.5, 0.6) is 11.5 Å². The molecule has 1 N–H and O–H groups in total. The zero-order chi connectivity index (χ0) is 19.4. The lowest BCUT2D eigenvalue weighted by Gasteiger charge is -2.10. The number of halogens is 1. The SMILES string of the molecule is COc1cc(OC)cc(C(=O)Nc2nccn(-c3cccc(F)c3)c2=O)c1. The van der Waals surface area contributed by atoms with Crippen molar-refractivity contribution in [2.45, 2.75) is 0 Å². The van der Waals surface area contributed by atoms with Crippen LogP contribution in [0.1, 0.15) is 10.4 Å². The maximum absolute atomic E-state index is 13.4. The molecule has 0 unspecified atom stereocenters. The van der Waals surface area contributed by atoms with Crippen LogP contribution in [0.25, 0.3) is 5.69 Å². The molecule has 0 radical (unpaired) electrons. The van der Waals surface area contributed by atoms with Gasteiger partial charge in [-0.25, -0.2) is 9.37 Å². The van der Waals surface area contributed by atoms with Crippen LogP contribution >= 0.6 is 0 Å². The fraction of sp³-hybridized carbons (Fsp3) is 0.105. The Labute approximate surface area is 154 Å². The quantitative estimate of drug-likeness (QED) is 0.748. The Morgan fingerprint density at radius 1 is 1.11 bits per heavy atom. The normalized spacial score (nSPS) is 10.3. The van der Waals surface area contributed by atoms with Crippen molar-refractivity contribution in [1.82, 2.24) is 9.55 Å². The second-order valence-corrected chi connectivity index (χ2v) is 5.49. The van der Waals surface area contributed by atoms with E-state index in [1.807, 2.05) is 0 Å². The Hall–Kier alpha value is -3.68. The predicted molar refractivity (Wildman–Crippen MR) is 97.3 cm³/mol. The second-order valence-electron chi connectivity index (χ2n) is 5.49. The minimum atomic E-state index is -0.591. The molecule has 1 heterocycles. The molecule has 0 aliphatic rings. The number of rotatable bonds is 5. The summed E-state index contributed by atoms with van der Waals surface area (Å²) in [5, 5.41) is 2.47. The average molecular weight is 369 g/mol. The number of carbonyl (C=O) groups is 1. The Kier molecular flexibility index (Phi) is 5.16. The maximum atomic E-state index is 13.4. The molecule has 7 nitrogen and oxygen atoms in total. The molecule has 0 saturated heterocycles. The van der Waals surface area contributed by atoms with E-state index in [0.29, 0.717) is 17.2 Å². The molecule has 1 amide bonds. The summed E-state index contributed by atoms with van der Waals surface area (Å²) in [6.45, 7) is 0. The van der Waals surface area contributed by atoms with Gasteiger partial charge in [0.15, 0.2) is 5.82 Å². The second kappa shape index (κ2) is 7.69. The summed E-state index contributed by atoms with van der Waals surface area (Å²) >= 11 is 0. The Morgan fingerprint density at radius 3 is 2.44 bits per heavy atom. The van der Waals surface area contributed by atoms with Gasteiger partial charge in [-0.3, -0.25) is 14.2 Å². The summed E-state index contributed by atoms with van der Waals surface area (Å²) in [5.74, 6) is -0.372. The van der Waals surface area contributed by atoms with Gasteiger partial charge < -0.3 is 14.8 Å². The Morgan fingerprint density at radius 2 is 1.81 bits per heavy atom. The zero-order valence-corrected chi connectivity index (χ0v) is 14.6. The first kappa shape index (κ1) is 18.1. The van der Waals surface area contributed by atoms with Crippen molar-refractivity contribution in [2.75, 3.05) is 19.5 Å². The van der Waals surface area contributed by atoms with Gasteiger partial charge in [-0.1, -0.05) is 6.07 Å². The summed E-state index contributed by atoms with van der Waals surface area (Å²) in [6.07, 6.45) is 2.73. The molecule has 0 bridgehead atoms. The van der Waals surface area contributed by atoms with Crippen molar-refractivity contribution < 1.29 is 18.7 Å². The van der Waals surface area contributed by atoms with Crippen molar-refractivity contribution in [3.8, 4) is 17.2 Å². The summed E-state index contributed by atoms with van der Waals surface area (Å²) in [6, 6.07) is 10.2. The van der Waals surface area contributed by atoms with E-state index in [-0.39, 0.29) is 11.4 Å². The van der Waals surface area contributed by atoms with Crippen LogP contribution in [0.3, 0.4) is 0 Å². The van der Waals surface area contributed by atoms with E-state index < -0.39 is 17.3 Å². The lowest BCUT2D eigenvalue weighted by Crippen LogP contribution is -2.26. The number of aromatic nitrogens is 2. The van der Waals surface area contributed by atoms with Gasteiger partial charge in [0, 0.05) is 24.0 Å². The molecule has 0 aliphatic heterocycles. The summed E-state index contributed by atoms with van der Waals surface area (Å²) in [7, 11) is 2.93. The zero-order valence-electron chi connectivity index (χ0n) is 14.6. The van der Waals surface area contributed by atoms with Crippen LogP contribution in [0.15, 0.2) is 59.7 Å². The first-order valence-electron chi connectivity index (χ1n) is 7.90. The summed E-state index contributed by atoms with van der Waals surface area (Å²) < 4.78 is 24.9. The third-order valence-electron chi connectivity index (χ3n) is 3.77. The van der Waals surface area contributed by atoms with Crippen molar-refractivity contribution in [1.29, 1.82) is 0 Å². The van der Waals surface area contributed by atoms with Gasteiger partial charge in [-0.15, -0.1) is 0 Å². The molecule has 0 aliphatic carbocycles. The van der Waals surface area contributed by atoms with Gasteiger partial charge in [-0.2, -0.15) is 0 Å². The van der Waals surface area contributed by atoms with E-state index in [9.17, 15) is 14.0 Å². The third kappa shape index (κ3) is 3.95. The molecular formula is C19H16FN3O4. The molecule has 138 valence electrons. The molecule has 0 atom stereocenters. The van der Waals surface area contributed by atoms with Gasteiger partial charge in [0.25, 0.3) is 11.5 Å². The smallest absolute Gasteiger partial charge is 0.298 e. The molecule has 0 spiro atoms. The van der Waals surface area contributed by atoms with Gasteiger partial charge >= 0.3 is 0 Å². The van der Waals surface area contributed by atoms with E-state index >= 15 is 0 Å². The lowest BCUT2D eigenvalue weighted by atomic mass is 10.2. The molecule has 1 aromatic heterocycles. The number of nitrogens with one attached hydrogen (secondary N) is 1. The van der Waals surface area contributed by atoms with Crippen molar-refractivity contribution in [3.05, 3.63) is 76.6 Å². The van der Waals surface area contributed by atoms with Crippen LogP contribution in [0.4, 0.5) is 10.2 Å². The van der Waals surface area contributed by atoms with Crippen LogP contribution in [0, 0.1) is 5.82 Å². The molecule has 27 heavy (non-hydrogen) atoms. The Balaban J connectivity index is 1.94. The van der Waals surface area contributed by atoms with Crippen molar-refractivity contribution in [3.63, 3.8) is 0 Å². The maximum Gasteiger partial charge on any atom is 0.298 e. The molecule has 3 aromatic rings. The highest BCUT2D eigenvalue weighted by molar-refractivity contribution is 6.04. The van der Waals surface area contributed by atoms with Crippen LogP contribution in [0.2, 0.25) is 0 Å². The number of amides is 1. The first-order valence-corrected chi connectivity index (χ1v) is 7.90. The standard InChI is InChI=1S/C19H16FN3O4/c1-26-15-8-12(9-16(11-15)27-2)18(24)22-17-19(25)23(7-6-21-17)14-5-3-4-13(20)10-14/h3-11H,1-2H3,(H,21,22,24). The minimum Gasteiger partial charge on any atom is -0.497 e. The Bertz CT molecular complexity index is 1030. The number of nitrogens with zero attached hydrogens (tertiary/aromatic N) is 2. The van der Waals surface area contributed by atoms with Gasteiger partial charge in [0.05, 0.1) is 19.9 Å². The highest BCUT2D eigenvalue weighted by Gasteiger charge is 2.14. The van der Waals surface area contributed by atoms with Crippen LogP contribution < -0.4 is 20.3 Å². The third-order valence-corrected chi connectivity index (χ3v) is 3.77. The molecule has 8 heteroatoms. The number of methoxy groups -OCH3 is 2. The van der Waals surface area contributed by atoms with Gasteiger partial charge in [0.1, 0.15) is 17.3 Å². The van der Waals surface area contributed by atoms with Gasteiger partial charge in [-0.05, 0) is 30.3 Å². The highest BCUT2D eigenvalue weighted by Crippen LogP contribution is 2.22. The predicted octanol–water partition coefficient (Wildman–Crippen LogP) is 2.64. The minimum absolute atomic E-state index is 0.187. The van der Waals surface area contributed by atoms with Crippen molar-refractivity contribution in [2.24, 2.45) is 0 Å². The molecule has 3 rings (SSSR count). The highest BCUT2D eigenvalue weighted by atomic mass is 19.1. The van der Waals surface area contributed by atoms with E-state index in [0.717, 1.165) is 0 Å². The fourth-order valence-corrected chi connectivity index (χ4v) is 2.44. The molecule has 0 saturated carbocycles. The van der Waals surface area contributed by atoms with Crippen LogP contribution in [-0.4, -0.2) is 29.7 Å². The van der Waals surface area contributed by atoms with E-state index in [1.165, 1.54) is 61.5 Å². The number of ether oxygens (including phenoxy) is 2. The molecular weight excluding hydrogens is 353 g/mol.